The molecular weight excluding hydrogens is 384 g/mol. The van der Waals surface area contributed by atoms with Crippen molar-refractivity contribution in [1.29, 1.82) is 0 Å². The molecule has 0 aliphatic heterocycles. The van der Waals surface area contributed by atoms with E-state index in [4.69, 9.17) is 14.2 Å². The van der Waals surface area contributed by atoms with Crippen LogP contribution in [0.3, 0.4) is 0 Å². The van der Waals surface area contributed by atoms with Crippen LogP contribution in [0.5, 0.6) is 11.5 Å². The van der Waals surface area contributed by atoms with Crippen LogP contribution in [0.4, 0.5) is 5.69 Å². The number of carbonyl (C=O) groups excluding carboxylic acids is 1. The van der Waals surface area contributed by atoms with Crippen molar-refractivity contribution in [1.82, 2.24) is 5.32 Å². The Balaban J connectivity index is 1.92. The van der Waals surface area contributed by atoms with E-state index in [1.54, 1.807) is 31.4 Å². The maximum atomic E-state index is 12.5. The van der Waals surface area contributed by atoms with Crippen molar-refractivity contribution in [3.05, 3.63) is 48.5 Å². The molecule has 9 heteroatoms. The summed E-state index contributed by atoms with van der Waals surface area (Å²) in [6.07, 6.45) is 0. The van der Waals surface area contributed by atoms with Crippen LogP contribution in [-0.2, 0) is 19.6 Å². The maximum absolute atomic E-state index is 12.5. The number of carbonyl (C=O) groups is 1. The van der Waals surface area contributed by atoms with Gasteiger partial charge in [-0.2, -0.15) is 0 Å². The first-order chi connectivity index (χ1) is 13.4. The molecule has 2 aromatic carbocycles. The Kier molecular flexibility index (Phi) is 8.09. The van der Waals surface area contributed by atoms with Gasteiger partial charge in [0.1, 0.15) is 11.5 Å². The highest BCUT2D eigenvalue weighted by atomic mass is 32.2. The number of anilines is 1. The van der Waals surface area contributed by atoms with Crippen molar-refractivity contribution in [2.24, 2.45) is 0 Å². The maximum Gasteiger partial charge on any atom is 0.261 e. The molecule has 28 heavy (non-hydrogen) atoms. The summed E-state index contributed by atoms with van der Waals surface area (Å²) in [5.41, 5.74) is 0.427. The number of benzene rings is 2. The van der Waals surface area contributed by atoms with Crippen molar-refractivity contribution in [2.45, 2.75) is 11.8 Å². The summed E-state index contributed by atoms with van der Waals surface area (Å²) in [4.78, 5) is 11.7. The lowest BCUT2D eigenvalue weighted by Gasteiger charge is -2.10. The fraction of sp³-hybridized carbons (Fsp3) is 0.316. The van der Waals surface area contributed by atoms with Crippen molar-refractivity contribution in [3.63, 3.8) is 0 Å². The molecule has 0 aliphatic carbocycles. The van der Waals surface area contributed by atoms with E-state index >= 15 is 0 Å². The SMILES string of the molecule is CCOc1ccc(NS(=O)(=O)c2ccc(OCC(=O)NCCOC)cc2)cc1. The molecule has 8 nitrogen and oxygen atoms in total. The number of hydrogen-bond acceptors (Lipinski definition) is 6. The predicted octanol–water partition coefficient (Wildman–Crippen LogP) is 2.03. The first kappa shape index (κ1) is 21.5. The van der Waals surface area contributed by atoms with Gasteiger partial charge in [-0.15, -0.1) is 0 Å². The molecule has 0 bridgehead atoms. The minimum atomic E-state index is -3.74. The topological polar surface area (TPSA) is 103 Å². The Morgan fingerprint density at radius 2 is 1.57 bits per heavy atom. The number of hydrogen-bond donors (Lipinski definition) is 2. The van der Waals surface area contributed by atoms with Crippen LogP contribution < -0.4 is 19.5 Å². The van der Waals surface area contributed by atoms with Gasteiger partial charge in [0.25, 0.3) is 15.9 Å². The second-order valence-electron chi connectivity index (χ2n) is 5.67. The van der Waals surface area contributed by atoms with Crippen LogP contribution in [0, 0.1) is 0 Å². The second kappa shape index (κ2) is 10.5. The molecule has 0 radical (unpaired) electrons. The molecule has 152 valence electrons. The molecule has 0 unspecified atom stereocenters. The highest BCUT2D eigenvalue weighted by Crippen LogP contribution is 2.21. The van der Waals surface area contributed by atoms with Gasteiger partial charge in [-0.25, -0.2) is 8.42 Å². The number of ether oxygens (including phenoxy) is 3. The lowest BCUT2D eigenvalue weighted by atomic mass is 10.3. The third kappa shape index (κ3) is 6.75. The van der Waals surface area contributed by atoms with E-state index < -0.39 is 10.0 Å². The third-order valence-electron chi connectivity index (χ3n) is 3.55. The molecule has 0 saturated carbocycles. The number of methoxy groups -OCH3 is 1. The summed E-state index contributed by atoms with van der Waals surface area (Å²) in [5, 5.41) is 2.62. The van der Waals surface area contributed by atoms with E-state index in [9.17, 15) is 13.2 Å². The molecule has 1 amide bonds. The van der Waals surface area contributed by atoms with Crippen LogP contribution >= 0.6 is 0 Å². The summed E-state index contributed by atoms with van der Waals surface area (Å²) in [6.45, 7) is 3.05. The van der Waals surface area contributed by atoms with Gasteiger partial charge >= 0.3 is 0 Å². The van der Waals surface area contributed by atoms with E-state index in [1.807, 2.05) is 6.92 Å². The van der Waals surface area contributed by atoms with E-state index in [0.717, 1.165) is 0 Å². The summed E-state index contributed by atoms with van der Waals surface area (Å²) in [7, 11) is -2.20. The molecular formula is C19H24N2O6S. The van der Waals surface area contributed by atoms with Gasteiger partial charge in [-0.05, 0) is 55.5 Å². The zero-order valence-electron chi connectivity index (χ0n) is 15.8. The lowest BCUT2D eigenvalue weighted by Crippen LogP contribution is -2.31. The van der Waals surface area contributed by atoms with Crippen LogP contribution in [0.1, 0.15) is 6.92 Å². The molecule has 0 fully saturated rings. The first-order valence-corrected chi connectivity index (χ1v) is 10.2. The van der Waals surface area contributed by atoms with Gasteiger partial charge in [0, 0.05) is 19.3 Å². The molecule has 0 heterocycles. The van der Waals surface area contributed by atoms with Gasteiger partial charge in [-0.1, -0.05) is 0 Å². The number of nitrogens with one attached hydrogen (secondary N) is 2. The molecule has 2 rings (SSSR count). The molecule has 2 aromatic rings. The minimum Gasteiger partial charge on any atom is -0.494 e. The summed E-state index contributed by atoms with van der Waals surface area (Å²) in [6, 6.07) is 12.4. The molecule has 0 atom stereocenters. The standard InChI is InChI=1S/C19H24N2O6S/c1-3-26-16-6-4-15(5-7-16)21-28(23,24)18-10-8-17(9-11-18)27-14-19(22)20-12-13-25-2/h4-11,21H,3,12-14H2,1-2H3,(H,20,22). The molecule has 0 aromatic heterocycles. The fourth-order valence-corrected chi connectivity index (χ4v) is 3.27. The van der Waals surface area contributed by atoms with Crippen molar-refractivity contribution in [3.8, 4) is 11.5 Å². The number of rotatable bonds is 11. The number of amides is 1. The Hall–Kier alpha value is -2.78. The van der Waals surface area contributed by atoms with Gasteiger partial charge < -0.3 is 19.5 Å². The van der Waals surface area contributed by atoms with Gasteiger partial charge in [0.05, 0.1) is 18.1 Å². The van der Waals surface area contributed by atoms with Gasteiger partial charge in [-0.3, -0.25) is 9.52 Å². The van der Waals surface area contributed by atoms with Gasteiger partial charge in [0.15, 0.2) is 6.61 Å². The van der Waals surface area contributed by atoms with E-state index in [0.29, 0.717) is 36.9 Å². The summed E-state index contributed by atoms with van der Waals surface area (Å²) in [5.74, 6) is 0.769. The zero-order valence-corrected chi connectivity index (χ0v) is 16.6. The highest BCUT2D eigenvalue weighted by molar-refractivity contribution is 7.92. The second-order valence-corrected chi connectivity index (χ2v) is 7.35. The van der Waals surface area contributed by atoms with Crippen molar-refractivity contribution < 1.29 is 27.4 Å². The van der Waals surface area contributed by atoms with Crippen LogP contribution in [-0.4, -0.2) is 47.8 Å². The normalized spacial score (nSPS) is 10.9. The Bertz CT molecular complexity index is 851. The average molecular weight is 408 g/mol. The Morgan fingerprint density at radius 1 is 0.964 bits per heavy atom. The number of sulfonamides is 1. The lowest BCUT2D eigenvalue weighted by molar-refractivity contribution is -0.123. The quantitative estimate of drug-likeness (QED) is 0.552. The van der Waals surface area contributed by atoms with Gasteiger partial charge in [0.2, 0.25) is 0 Å². The predicted molar refractivity (Wildman–Crippen MR) is 105 cm³/mol. The van der Waals surface area contributed by atoms with Crippen LogP contribution in [0.25, 0.3) is 0 Å². The Labute approximate surface area is 164 Å². The monoisotopic (exact) mass is 408 g/mol. The van der Waals surface area contributed by atoms with Crippen molar-refractivity contribution >= 4 is 21.6 Å². The zero-order chi connectivity index (χ0) is 20.4. The molecule has 0 spiro atoms. The Morgan fingerprint density at radius 3 is 2.18 bits per heavy atom. The molecule has 0 aliphatic rings. The third-order valence-corrected chi connectivity index (χ3v) is 4.95. The van der Waals surface area contributed by atoms with E-state index in [-0.39, 0.29) is 17.4 Å². The molecule has 2 N–H and O–H groups in total. The van der Waals surface area contributed by atoms with E-state index in [1.165, 1.54) is 24.3 Å². The van der Waals surface area contributed by atoms with E-state index in [2.05, 4.69) is 10.0 Å². The first-order valence-electron chi connectivity index (χ1n) is 8.69. The highest BCUT2D eigenvalue weighted by Gasteiger charge is 2.14. The van der Waals surface area contributed by atoms with Crippen molar-refractivity contribution in [2.75, 3.05) is 38.2 Å². The van der Waals surface area contributed by atoms with Crippen LogP contribution in [0.2, 0.25) is 0 Å². The molecule has 0 saturated heterocycles. The summed E-state index contributed by atoms with van der Waals surface area (Å²) >= 11 is 0. The average Bonchev–Trinajstić information content (AvgIpc) is 2.68. The minimum absolute atomic E-state index is 0.0817. The van der Waals surface area contributed by atoms with Crippen LogP contribution in [0.15, 0.2) is 53.4 Å². The summed E-state index contributed by atoms with van der Waals surface area (Å²) < 4.78 is 43.0. The largest absolute Gasteiger partial charge is 0.494 e. The smallest absolute Gasteiger partial charge is 0.261 e. The fourth-order valence-electron chi connectivity index (χ4n) is 2.21.